The minimum Gasteiger partial charge on any atom is -0.388 e. The molecule has 13 heavy (non-hydrogen) atoms. The second-order valence-electron chi connectivity index (χ2n) is 3.81. The number of hydrogen-bond acceptors (Lipinski definition) is 2. The molecule has 1 unspecified atom stereocenters. The predicted molar refractivity (Wildman–Crippen MR) is 52.3 cm³/mol. The van der Waals surface area contributed by atoms with Gasteiger partial charge in [0.05, 0.1) is 12.3 Å². The lowest BCUT2D eigenvalue weighted by atomic mass is 10.1. The van der Waals surface area contributed by atoms with Crippen LogP contribution < -0.4 is 0 Å². The maximum atomic E-state index is 9.52. The third-order valence-electron chi connectivity index (χ3n) is 1.98. The Hall–Kier alpha value is -0.830. The van der Waals surface area contributed by atoms with Crippen LogP contribution in [0, 0.1) is 5.92 Å². The van der Waals surface area contributed by atoms with Gasteiger partial charge in [-0.05, 0) is 12.3 Å². The molecule has 0 saturated carbocycles. The average Bonchev–Trinajstić information content (AvgIpc) is 2.50. The fraction of sp³-hybridized carbons (Fsp3) is 0.700. The number of hydrogen-bond donors (Lipinski definition) is 1. The number of aliphatic hydroxyl groups is 1. The lowest BCUT2D eigenvalue weighted by Crippen LogP contribution is -2.04. The molecule has 0 spiro atoms. The van der Waals surface area contributed by atoms with Gasteiger partial charge >= 0.3 is 0 Å². The van der Waals surface area contributed by atoms with Crippen LogP contribution in [0.2, 0.25) is 0 Å². The molecule has 0 aliphatic rings. The molecule has 0 aliphatic heterocycles. The van der Waals surface area contributed by atoms with E-state index in [9.17, 15) is 5.11 Å². The molecule has 0 fully saturated rings. The lowest BCUT2D eigenvalue weighted by Gasteiger charge is -2.05. The summed E-state index contributed by atoms with van der Waals surface area (Å²) in [6, 6.07) is 0. The Labute approximate surface area is 79.4 Å². The van der Waals surface area contributed by atoms with Crippen molar-refractivity contribution in [2.24, 2.45) is 5.92 Å². The Kier molecular flexibility index (Phi) is 3.48. The number of aliphatic hydroxyl groups excluding tert-OH is 1. The molecule has 1 heterocycles. The minimum atomic E-state index is -0.360. The van der Waals surface area contributed by atoms with Crippen LogP contribution in [0.4, 0.5) is 0 Å². The normalized spacial score (nSPS) is 13.6. The van der Waals surface area contributed by atoms with Gasteiger partial charge in [0.15, 0.2) is 0 Å². The monoisotopic (exact) mass is 182 g/mol. The summed E-state index contributed by atoms with van der Waals surface area (Å²) in [6.45, 7) is 7.18. The van der Waals surface area contributed by atoms with E-state index in [0.717, 1.165) is 18.5 Å². The highest BCUT2D eigenvalue weighted by molar-refractivity contribution is 5.07. The molecule has 74 valence electrons. The van der Waals surface area contributed by atoms with Crippen LogP contribution >= 0.6 is 0 Å². The molecule has 1 aromatic rings. The minimum absolute atomic E-state index is 0.360. The molecule has 1 rings (SSSR count). The summed E-state index contributed by atoms with van der Waals surface area (Å²) < 4.78 is 1.89. The molecule has 1 atom stereocenters. The van der Waals surface area contributed by atoms with Crippen molar-refractivity contribution in [3.8, 4) is 0 Å². The summed E-state index contributed by atoms with van der Waals surface area (Å²) >= 11 is 0. The first kappa shape index (κ1) is 10.3. The first-order valence-corrected chi connectivity index (χ1v) is 4.84. The van der Waals surface area contributed by atoms with Crippen LogP contribution in [0.15, 0.2) is 12.4 Å². The molecule has 0 saturated heterocycles. The Balaban J connectivity index is 2.63. The van der Waals surface area contributed by atoms with Crippen molar-refractivity contribution in [2.45, 2.75) is 39.8 Å². The number of rotatable bonds is 4. The van der Waals surface area contributed by atoms with Gasteiger partial charge in [-0.3, -0.25) is 4.68 Å². The number of nitrogens with zero attached hydrogens (tertiary/aromatic N) is 2. The first-order chi connectivity index (χ1) is 6.13. The van der Waals surface area contributed by atoms with Crippen molar-refractivity contribution in [1.82, 2.24) is 9.78 Å². The predicted octanol–water partition coefficient (Wildman–Crippen LogP) is 1.98. The zero-order chi connectivity index (χ0) is 9.84. The highest BCUT2D eigenvalue weighted by Gasteiger charge is 2.07. The van der Waals surface area contributed by atoms with Crippen molar-refractivity contribution in [1.29, 1.82) is 0 Å². The quantitative estimate of drug-likeness (QED) is 0.773. The highest BCUT2D eigenvalue weighted by atomic mass is 16.3. The highest BCUT2D eigenvalue weighted by Crippen LogP contribution is 2.14. The van der Waals surface area contributed by atoms with E-state index in [1.54, 1.807) is 6.20 Å². The fourth-order valence-electron chi connectivity index (χ4n) is 1.26. The molecular formula is C10H18N2O. The third kappa shape index (κ3) is 2.84. The first-order valence-electron chi connectivity index (χ1n) is 4.84. The van der Waals surface area contributed by atoms with Crippen molar-refractivity contribution in [3.63, 3.8) is 0 Å². The second-order valence-corrected chi connectivity index (χ2v) is 3.81. The van der Waals surface area contributed by atoms with Crippen LogP contribution in [-0.2, 0) is 6.54 Å². The Bertz CT molecular complexity index is 255. The second kappa shape index (κ2) is 4.42. The summed E-state index contributed by atoms with van der Waals surface area (Å²) in [4.78, 5) is 0. The molecule has 0 amide bonds. The summed E-state index contributed by atoms with van der Waals surface area (Å²) in [7, 11) is 0. The van der Waals surface area contributed by atoms with Crippen molar-refractivity contribution >= 4 is 0 Å². The van der Waals surface area contributed by atoms with Gasteiger partial charge in [-0.15, -0.1) is 0 Å². The van der Waals surface area contributed by atoms with Gasteiger partial charge in [-0.2, -0.15) is 5.10 Å². The van der Waals surface area contributed by atoms with E-state index in [4.69, 9.17) is 0 Å². The van der Waals surface area contributed by atoms with Crippen molar-refractivity contribution in [3.05, 3.63) is 18.0 Å². The van der Waals surface area contributed by atoms with Gasteiger partial charge in [-0.25, -0.2) is 0 Å². The van der Waals surface area contributed by atoms with Crippen molar-refractivity contribution < 1.29 is 5.11 Å². The van der Waals surface area contributed by atoms with E-state index in [1.165, 1.54) is 0 Å². The standard InChI is InChI=1S/C10H18N2O/c1-4-10(13)9-5-11-12(7-9)6-8(2)3/h5,7-8,10,13H,4,6H2,1-3H3. The SMILES string of the molecule is CCC(O)c1cnn(CC(C)C)c1. The van der Waals surface area contributed by atoms with Crippen LogP contribution in [0.1, 0.15) is 38.9 Å². The molecule has 0 aromatic carbocycles. The maximum Gasteiger partial charge on any atom is 0.0817 e. The molecule has 0 radical (unpaired) electrons. The Morgan fingerprint density at radius 1 is 1.54 bits per heavy atom. The fourth-order valence-corrected chi connectivity index (χ4v) is 1.26. The van der Waals surface area contributed by atoms with Gasteiger partial charge in [0, 0.05) is 18.3 Å². The number of aromatic nitrogens is 2. The van der Waals surface area contributed by atoms with Gasteiger partial charge in [0.25, 0.3) is 0 Å². The van der Waals surface area contributed by atoms with Crippen LogP contribution in [0.25, 0.3) is 0 Å². The molecule has 3 nitrogen and oxygen atoms in total. The van der Waals surface area contributed by atoms with Crippen molar-refractivity contribution in [2.75, 3.05) is 0 Å². The third-order valence-corrected chi connectivity index (χ3v) is 1.98. The van der Waals surface area contributed by atoms with E-state index in [2.05, 4.69) is 18.9 Å². The van der Waals surface area contributed by atoms with Gasteiger partial charge in [0.2, 0.25) is 0 Å². The van der Waals surface area contributed by atoms with Crippen LogP contribution in [0.3, 0.4) is 0 Å². The molecular weight excluding hydrogens is 164 g/mol. The zero-order valence-electron chi connectivity index (χ0n) is 8.57. The molecule has 3 heteroatoms. The van der Waals surface area contributed by atoms with E-state index >= 15 is 0 Å². The van der Waals surface area contributed by atoms with Crippen LogP contribution in [-0.4, -0.2) is 14.9 Å². The summed E-state index contributed by atoms with van der Waals surface area (Å²) in [5.41, 5.74) is 0.920. The molecule has 0 aliphatic carbocycles. The average molecular weight is 182 g/mol. The maximum absolute atomic E-state index is 9.52. The lowest BCUT2D eigenvalue weighted by molar-refractivity contribution is 0.173. The molecule has 1 N–H and O–H groups in total. The van der Waals surface area contributed by atoms with Gasteiger partial charge in [0.1, 0.15) is 0 Å². The Morgan fingerprint density at radius 2 is 2.23 bits per heavy atom. The van der Waals surface area contributed by atoms with E-state index in [-0.39, 0.29) is 6.10 Å². The summed E-state index contributed by atoms with van der Waals surface area (Å²) in [5.74, 6) is 0.589. The molecule has 1 aromatic heterocycles. The van der Waals surface area contributed by atoms with E-state index in [0.29, 0.717) is 5.92 Å². The van der Waals surface area contributed by atoms with E-state index in [1.807, 2.05) is 17.8 Å². The summed E-state index contributed by atoms with van der Waals surface area (Å²) in [6.07, 6.45) is 4.05. The zero-order valence-corrected chi connectivity index (χ0v) is 8.57. The topological polar surface area (TPSA) is 38.1 Å². The Morgan fingerprint density at radius 3 is 2.77 bits per heavy atom. The van der Waals surface area contributed by atoms with Crippen LogP contribution in [0.5, 0.6) is 0 Å². The van der Waals surface area contributed by atoms with Gasteiger partial charge in [-0.1, -0.05) is 20.8 Å². The smallest absolute Gasteiger partial charge is 0.0817 e. The molecule has 0 bridgehead atoms. The summed E-state index contributed by atoms with van der Waals surface area (Å²) in [5, 5.41) is 13.7. The largest absolute Gasteiger partial charge is 0.388 e. The van der Waals surface area contributed by atoms with Gasteiger partial charge < -0.3 is 5.11 Å². The van der Waals surface area contributed by atoms with E-state index < -0.39 is 0 Å².